The second-order valence-corrected chi connectivity index (χ2v) is 10.2. The summed E-state index contributed by atoms with van der Waals surface area (Å²) in [5.41, 5.74) is -0.574. The molecule has 0 aliphatic carbocycles. The maximum atomic E-state index is 13.1. The summed E-state index contributed by atoms with van der Waals surface area (Å²) in [4.78, 5) is 32.1. The molecule has 0 unspecified atom stereocenters. The molecule has 2 heterocycles. The molecule has 2 fully saturated rings. The highest BCUT2D eigenvalue weighted by molar-refractivity contribution is 5.85. The molecule has 0 aromatic carbocycles. The molecule has 2 amide bonds. The molecule has 0 bridgehead atoms. The van der Waals surface area contributed by atoms with E-state index in [-0.39, 0.29) is 5.91 Å². The molecular weight excluding hydrogens is 368 g/mol. The summed E-state index contributed by atoms with van der Waals surface area (Å²) in [5, 5.41) is 2.81. The van der Waals surface area contributed by atoms with E-state index < -0.39 is 17.7 Å². The van der Waals surface area contributed by atoms with E-state index in [1.807, 2.05) is 25.7 Å². The van der Waals surface area contributed by atoms with Gasteiger partial charge in [0.05, 0.1) is 0 Å². The molecule has 7 nitrogen and oxygen atoms in total. The quantitative estimate of drug-likeness (QED) is 0.728. The second-order valence-electron chi connectivity index (χ2n) is 10.2. The Morgan fingerprint density at radius 2 is 1.62 bits per heavy atom. The number of hydrogen-bond donors (Lipinski definition) is 1. The molecule has 0 aromatic rings. The Balaban J connectivity index is 1.84. The summed E-state index contributed by atoms with van der Waals surface area (Å²) >= 11 is 0. The summed E-state index contributed by atoms with van der Waals surface area (Å²) in [7, 11) is 2.19. The lowest BCUT2D eigenvalue weighted by molar-refractivity contribution is -0.135. The number of alkyl carbamates (subject to hydrolysis) is 1. The van der Waals surface area contributed by atoms with Crippen molar-refractivity contribution in [3.8, 4) is 0 Å². The fraction of sp³-hybridized carbons (Fsp3) is 0.909. The van der Waals surface area contributed by atoms with Crippen molar-refractivity contribution < 1.29 is 14.3 Å². The maximum Gasteiger partial charge on any atom is 0.408 e. The predicted octanol–water partition coefficient (Wildman–Crippen LogP) is 2.41. The molecule has 0 aromatic heterocycles. The minimum atomic E-state index is -0.574. The zero-order chi connectivity index (χ0) is 21.6. The number of ether oxygens (including phenoxy) is 1. The Kier molecular flexibility index (Phi) is 8.76. The molecule has 0 saturated carbocycles. The molecule has 2 aliphatic rings. The Hall–Kier alpha value is -1.34. The summed E-state index contributed by atoms with van der Waals surface area (Å²) in [6.07, 6.45) is 2.64. The number of amides is 2. The molecule has 2 rings (SSSR count). The van der Waals surface area contributed by atoms with E-state index in [2.05, 4.69) is 36.0 Å². The lowest BCUT2D eigenvalue weighted by Gasteiger charge is -2.39. The molecule has 1 atom stereocenters. The van der Waals surface area contributed by atoms with Gasteiger partial charge in [-0.2, -0.15) is 0 Å². The van der Waals surface area contributed by atoms with Gasteiger partial charge in [0.15, 0.2) is 0 Å². The van der Waals surface area contributed by atoms with Gasteiger partial charge in [0.1, 0.15) is 11.6 Å². The summed E-state index contributed by atoms with van der Waals surface area (Å²) in [6.45, 7) is 16.4. The van der Waals surface area contributed by atoms with Crippen LogP contribution in [0.15, 0.2) is 0 Å². The number of piperidine rings is 1. The van der Waals surface area contributed by atoms with E-state index in [0.29, 0.717) is 12.3 Å². The topological polar surface area (TPSA) is 65.1 Å². The first kappa shape index (κ1) is 23.9. The minimum Gasteiger partial charge on any atom is -0.444 e. The fourth-order valence-corrected chi connectivity index (χ4v) is 4.12. The van der Waals surface area contributed by atoms with E-state index in [0.717, 1.165) is 38.6 Å². The highest BCUT2D eigenvalue weighted by Gasteiger charge is 2.31. The Morgan fingerprint density at radius 1 is 1.03 bits per heavy atom. The normalized spacial score (nSPS) is 21.3. The average Bonchev–Trinajstić information content (AvgIpc) is 2.61. The van der Waals surface area contributed by atoms with Crippen LogP contribution in [0.25, 0.3) is 0 Å². The third kappa shape index (κ3) is 8.51. The molecule has 2 saturated heterocycles. The monoisotopic (exact) mass is 410 g/mol. The van der Waals surface area contributed by atoms with Gasteiger partial charge in [-0.25, -0.2) is 4.79 Å². The zero-order valence-electron chi connectivity index (χ0n) is 19.4. The molecule has 2 aliphatic heterocycles. The van der Waals surface area contributed by atoms with Crippen LogP contribution in [0.4, 0.5) is 4.79 Å². The van der Waals surface area contributed by atoms with Gasteiger partial charge in [-0.1, -0.05) is 13.8 Å². The third-order valence-corrected chi connectivity index (χ3v) is 5.73. The highest BCUT2D eigenvalue weighted by atomic mass is 16.6. The number of hydrogen-bond acceptors (Lipinski definition) is 5. The molecule has 7 heteroatoms. The highest BCUT2D eigenvalue weighted by Crippen LogP contribution is 2.19. The summed E-state index contributed by atoms with van der Waals surface area (Å²) < 4.78 is 5.36. The van der Waals surface area contributed by atoms with Crippen molar-refractivity contribution in [2.45, 2.75) is 65.5 Å². The number of piperazine rings is 1. The average molecular weight is 411 g/mol. The van der Waals surface area contributed by atoms with Crippen molar-refractivity contribution in [3.05, 3.63) is 0 Å². The van der Waals surface area contributed by atoms with E-state index in [9.17, 15) is 9.59 Å². The largest absolute Gasteiger partial charge is 0.444 e. The van der Waals surface area contributed by atoms with Crippen molar-refractivity contribution in [3.63, 3.8) is 0 Å². The van der Waals surface area contributed by atoms with Gasteiger partial charge in [0.25, 0.3) is 0 Å². The molecule has 0 spiro atoms. The molecule has 29 heavy (non-hydrogen) atoms. The van der Waals surface area contributed by atoms with Crippen LogP contribution in [0, 0.1) is 11.8 Å². The first-order chi connectivity index (χ1) is 13.5. The second kappa shape index (κ2) is 10.6. The van der Waals surface area contributed by atoms with Crippen LogP contribution in [0.1, 0.15) is 53.9 Å². The molecule has 0 radical (unpaired) electrons. The van der Waals surface area contributed by atoms with E-state index in [1.54, 1.807) is 0 Å². The smallest absolute Gasteiger partial charge is 0.408 e. The van der Waals surface area contributed by atoms with Crippen molar-refractivity contribution in [1.29, 1.82) is 0 Å². The number of carbonyl (C=O) groups excluding carboxylic acids is 2. The molecule has 1 N–H and O–H groups in total. The lowest BCUT2D eigenvalue weighted by Crippen LogP contribution is -2.56. The minimum absolute atomic E-state index is 0.0171. The zero-order valence-corrected chi connectivity index (χ0v) is 19.4. The van der Waals surface area contributed by atoms with Crippen LogP contribution < -0.4 is 5.32 Å². The number of nitrogens with zero attached hydrogens (tertiary/aromatic N) is 3. The Morgan fingerprint density at radius 3 is 2.14 bits per heavy atom. The van der Waals surface area contributed by atoms with E-state index >= 15 is 0 Å². The van der Waals surface area contributed by atoms with Crippen molar-refractivity contribution in [2.24, 2.45) is 11.8 Å². The third-order valence-electron chi connectivity index (χ3n) is 5.73. The predicted molar refractivity (Wildman–Crippen MR) is 116 cm³/mol. The van der Waals surface area contributed by atoms with Gasteiger partial charge in [0.2, 0.25) is 5.91 Å². The summed E-state index contributed by atoms with van der Waals surface area (Å²) in [6, 6.07) is -0.523. The summed E-state index contributed by atoms with van der Waals surface area (Å²) in [5.74, 6) is 1.10. The number of carbonyl (C=O) groups is 2. The van der Waals surface area contributed by atoms with Crippen molar-refractivity contribution >= 4 is 12.0 Å². The SMILES string of the molecule is CC(C)C[C@@H](NC(=O)OC(C)(C)C)C(=O)N1CCN(CC2CCN(C)CC2)CC1. The standard InChI is InChI=1S/C22H42N4O3/c1-17(2)15-19(23-21(28)29-22(3,4)5)20(27)26-13-11-25(12-14-26)16-18-7-9-24(6)10-8-18/h17-19H,7-16H2,1-6H3,(H,23,28)/t19-/m1/s1. The number of rotatable bonds is 6. The van der Waals surface area contributed by atoms with Crippen molar-refractivity contribution in [2.75, 3.05) is 52.9 Å². The first-order valence-electron chi connectivity index (χ1n) is 11.2. The van der Waals surface area contributed by atoms with Crippen LogP contribution in [0.5, 0.6) is 0 Å². The van der Waals surface area contributed by atoms with Crippen LogP contribution >= 0.6 is 0 Å². The van der Waals surface area contributed by atoms with Crippen LogP contribution in [-0.2, 0) is 9.53 Å². The van der Waals surface area contributed by atoms with Crippen LogP contribution in [0.2, 0.25) is 0 Å². The van der Waals surface area contributed by atoms with Gasteiger partial charge < -0.3 is 19.9 Å². The number of likely N-dealkylation sites (tertiary alicyclic amines) is 1. The molecule has 168 valence electrons. The van der Waals surface area contributed by atoms with Crippen LogP contribution in [0.3, 0.4) is 0 Å². The van der Waals surface area contributed by atoms with E-state index in [1.165, 1.54) is 25.9 Å². The van der Waals surface area contributed by atoms with E-state index in [4.69, 9.17) is 4.74 Å². The van der Waals surface area contributed by atoms with Gasteiger partial charge in [-0.05, 0) is 72.0 Å². The number of nitrogens with one attached hydrogen (secondary N) is 1. The van der Waals surface area contributed by atoms with Crippen molar-refractivity contribution in [1.82, 2.24) is 20.0 Å². The first-order valence-corrected chi connectivity index (χ1v) is 11.2. The van der Waals surface area contributed by atoms with Gasteiger partial charge in [0, 0.05) is 32.7 Å². The fourth-order valence-electron chi connectivity index (χ4n) is 4.12. The maximum absolute atomic E-state index is 13.1. The Labute approximate surface area is 177 Å². The molecular formula is C22H42N4O3. The van der Waals surface area contributed by atoms with Gasteiger partial charge >= 0.3 is 6.09 Å². The van der Waals surface area contributed by atoms with Gasteiger partial charge in [-0.15, -0.1) is 0 Å². The van der Waals surface area contributed by atoms with Crippen LogP contribution in [-0.4, -0.2) is 91.2 Å². The van der Waals surface area contributed by atoms with Gasteiger partial charge in [-0.3, -0.25) is 9.69 Å². The Bertz CT molecular complexity index is 531. The lowest BCUT2D eigenvalue weighted by atomic mass is 9.96.